The summed E-state index contributed by atoms with van der Waals surface area (Å²) in [5.74, 6) is 0.102. The van der Waals surface area contributed by atoms with Crippen molar-refractivity contribution in [3.8, 4) is 0 Å². The molecule has 5 heteroatoms. The molecule has 1 rings (SSSR count). The zero-order valence-electron chi connectivity index (χ0n) is 11.8. The van der Waals surface area contributed by atoms with Gasteiger partial charge in [-0.05, 0) is 37.6 Å². The third kappa shape index (κ3) is 4.84. The van der Waals surface area contributed by atoms with E-state index < -0.39 is 15.4 Å². The number of anilines is 1. The number of hydrogen-bond acceptors (Lipinski definition) is 4. The molecule has 0 aliphatic heterocycles. The minimum Gasteiger partial charge on any atom is -0.388 e. The Kier molecular flexibility index (Phi) is 5.38. The van der Waals surface area contributed by atoms with Crippen molar-refractivity contribution in [3.63, 3.8) is 0 Å². The van der Waals surface area contributed by atoms with Crippen LogP contribution < -0.4 is 5.32 Å². The SMILES string of the molecule is CCCC(C)(O)CNc1ccc(S(=O)(=O)CC)cc1. The van der Waals surface area contributed by atoms with Gasteiger partial charge >= 0.3 is 0 Å². The molecule has 19 heavy (non-hydrogen) atoms. The Morgan fingerprint density at radius 1 is 1.21 bits per heavy atom. The molecule has 0 fully saturated rings. The summed E-state index contributed by atoms with van der Waals surface area (Å²) in [5.41, 5.74) is 0.0644. The van der Waals surface area contributed by atoms with Crippen LogP contribution in [0.3, 0.4) is 0 Å². The summed E-state index contributed by atoms with van der Waals surface area (Å²) < 4.78 is 23.3. The van der Waals surface area contributed by atoms with E-state index in [2.05, 4.69) is 5.32 Å². The third-order valence-electron chi connectivity index (χ3n) is 3.06. The molecule has 0 amide bonds. The predicted octanol–water partition coefficient (Wildman–Crippen LogP) is 2.44. The van der Waals surface area contributed by atoms with Gasteiger partial charge in [0.15, 0.2) is 9.84 Å². The summed E-state index contributed by atoms with van der Waals surface area (Å²) in [6, 6.07) is 6.64. The topological polar surface area (TPSA) is 66.4 Å². The van der Waals surface area contributed by atoms with Crippen LogP contribution in [-0.4, -0.2) is 31.4 Å². The number of aliphatic hydroxyl groups is 1. The van der Waals surface area contributed by atoms with E-state index in [0.29, 0.717) is 11.4 Å². The lowest BCUT2D eigenvalue weighted by Gasteiger charge is -2.23. The van der Waals surface area contributed by atoms with E-state index >= 15 is 0 Å². The van der Waals surface area contributed by atoms with Gasteiger partial charge in [-0.1, -0.05) is 20.3 Å². The van der Waals surface area contributed by atoms with Gasteiger partial charge in [0.05, 0.1) is 16.2 Å². The Morgan fingerprint density at radius 3 is 2.26 bits per heavy atom. The summed E-state index contributed by atoms with van der Waals surface area (Å²) in [4.78, 5) is 0.334. The van der Waals surface area contributed by atoms with E-state index in [4.69, 9.17) is 0 Å². The van der Waals surface area contributed by atoms with Gasteiger partial charge in [-0.25, -0.2) is 8.42 Å². The molecule has 0 spiro atoms. The fourth-order valence-electron chi connectivity index (χ4n) is 1.87. The summed E-state index contributed by atoms with van der Waals surface area (Å²) in [5, 5.41) is 13.2. The second-order valence-electron chi connectivity index (χ2n) is 5.03. The van der Waals surface area contributed by atoms with Crippen LogP contribution in [0.4, 0.5) is 5.69 Å². The Morgan fingerprint density at radius 2 is 1.79 bits per heavy atom. The maximum Gasteiger partial charge on any atom is 0.178 e. The second kappa shape index (κ2) is 6.39. The van der Waals surface area contributed by atoms with E-state index in [0.717, 1.165) is 18.5 Å². The monoisotopic (exact) mass is 285 g/mol. The van der Waals surface area contributed by atoms with Gasteiger partial charge in [0.1, 0.15) is 0 Å². The summed E-state index contributed by atoms with van der Waals surface area (Å²) in [6.45, 7) is 5.89. The molecule has 1 unspecified atom stereocenters. The van der Waals surface area contributed by atoms with Crippen molar-refractivity contribution in [2.45, 2.75) is 44.1 Å². The molecule has 0 heterocycles. The highest BCUT2D eigenvalue weighted by molar-refractivity contribution is 7.91. The van der Waals surface area contributed by atoms with Crippen molar-refractivity contribution in [2.75, 3.05) is 17.6 Å². The van der Waals surface area contributed by atoms with Crippen LogP contribution in [0, 0.1) is 0 Å². The van der Waals surface area contributed by atoms with Gasteiger partial charge in [0.2, 0.25) is 0 Å². The highest BCUT2D eigenvalue weighted by atomic mass is 32.2. The number of nitrogens with one attached hydrogen (secondary N) is 1. The van der Waals surface area contributed by atoms with E-state index in [1.807, 2.05) is 6.92 Å². The lowest BCUT2D eigenvalue weighted by atomic mass is 10.0. The summed E-state index contributed by atoms with van der Waals surface area (Å²) >= 11 is 0. The molecule has 1 atom stereocenters. The normalized spacial score (nSPS) is 14.9. The van der Waals surface area contributed by atoms with E-state index in [1.165, 1.54) is 0 Å². The zero-order valence-corrected chi connectivity index (χ0v) is 12.6. The molecule has 4 nitrogen and oxygen atoms in total. The second-order valence-corrected chi connectivity index (χ2v) is 7.31. The van der Waals surface area contributed by atoms with Crippen molar-refractivity contribution in [1.82, 2.24) is 0 Å². The van der Waals surface area contributed by atoms with Crippen molar-refractivity contribution < 1.29 is 13.5 Å². The fraction of sp³-hybridized carbons (Fsp3) is 0.571. The van der Waals surface area contributed by atoms with Gasteiger partial charge in [0.25, 0.3) is 0 Å². The molecule has 2 N–H and O–H groups in total. The average Bonchev–Trinajstić information content (AvgIpc) is 2.37. The summed E-state index contributed by atoms with van der Waals surface area (Å²) in [7, 11) is -3.14. The fourth-order valence-corrected chi connectivity index (χ4v) is 2.75. The Labute approximate surface area is 115 Å². The number of sulfone groups is 1. The van der Waals surface area contributed by atoms with Crippen molar-refractivity contribution >= 4 is 15.5 Å². The number of hydrogen-bond donors (Lipinski definition) is 2. The van der Waals surface area contributed by atoms with Crippen molar-refractivity contribution in [1.29, 1.82) is 0 Å². The quantitative estimate of drug-likeness (QED) is 0.807. The Bertz CT molecular complexity index is 492. The van der Waals surface area contributed by atoms with Gasteiger partial charge < -0.3 is 10.4 Å². The maximum atomic E-state index is 11.7. The van der Waals surface area contributed by atoms with Crippen LogP contribution in [0.5, 0.6) is 0 Å². The molecular weight excluding hydrogens is 262 g/mol. The predicted molar refractivity (Wildman–Crippen MR) is 78.2 cm³/mol. The first-order valence-corrected chi connectivity index (χ1v) is 8.25. The molecule has 0 aromatic heterocycles. The number of benzene rings is 1. The first-order valence-electron chi connectivity index (χ1n) is 6.60. The minimum atomic E-state index is -3.14. The average molecular weight is 285 g/mol. The van der Waals surface area contributed by atoms with E-state index in [9.17, 15) is 13.5 Å². The van der Waals surface area contributed by atoms with E-state index in [1.54, 1.807) is 38.1 Å². The first kappa shape index (κ1) is 16.0. The van der Waals surface area contributed by atoms with Crippen LogP contribution >= 0.6 is 0 Å². The molecule has 1 aromatic rings. The lowest BCUT2D eigenvalue weighted by Crippen LogP contribution is -2.33. The first-order chi connectivity index (χ1) is 8.80. The highest BCUT2D eigenvalue weighted by Gasteiger charge is 2.18. The molecule has 0 radical (unpaired) electrons. The molecule has 0 bridgehead atoms. The molecule has 108 valence electrons. The minimum absolute atomic E-state index is 0.102. The van der Waals surface area contributed by atoms with Gasteiger partial charge in [-0.15, -0.1) is 0 Å². The highest BCUT2D eigenvalue weighted by Crippen LogP contribution is 2.17. The van der Waals surface area contributed by atoms with Gasteiger partial charge in [-0.2, -0.15) is 0 Å². The van der Waals surface area contributed by atoms with Crippen LogP contribution in [-0.2, 0) is 9.84 Å². The number of rotatable bonds is 7. The Hall–Kier alpha value is -1.07. The smallest absolute Gasteiger partial charge is 0.178 e. The van der Waals surface area contributed by atoms with Crippen LogP contribution in [0.25, 0.3) is 0 Å². The lowest BCUT2D eigenvalue weighted by molar-refractivity contribution is 0.0637. The maximum absolute atomic E-state index is 11.7. The Balaban J connectivity index is 2.68. The van der Waals surface area contributed by atoms with Crippen molar-refractivity contribution in [2.24, 2.45) is 0 Å². The largest absolute Gasteiger partial charge is 0.388 e. The molecular formula is C14H23NO3S. The zero-order chi connectivity index (χ0) is 14.5. The summed E-state index contributed by atoms with van der Waals surface area (Å²) in [6.07, 6.45) is 1.64. The van der Waals surface area contributed by atoms with Crippen molar-refractivity contribution in [3.05, 3.63) is 24.3 Å². The standard InChI is InChI=1S/C14H23NO3S/c1-4-10-14(3,16)11-15-12-6-8-13(9-7-12)19(17,18)5-2/h6-9,15-16H,4-5,10-11H2,1-3H3. The van der Waals surface area contributed by atoms with Gasteiger partial charge in [0, 0.05) is 12.2 Å². The van der Waals surface area contributed by atoms with Crippen LogP contribution in [0.2, 0.25) is 0 Å². The molecule has 0 aliphatic rings. The van der Waals surface area contributed by atoms with E-state index in [-0.39, 0.29) is 5.75 Å². The molecule has 0 saturated carbocycles. The molecule has 1 aromatic carbocycles. The third-order valence-corrected chi connectivity index (χ3v) is 4.81. The van der Waals surface area contributed by atoms with Crippen LogP contribution in [0.15, 0.2) is 29.2 Å². The van der Waals surface area contributed by atoms with Gasteiger partial charge in [-0.3, -0.25) is 0 Å². The van der Waals surface area contributed by atoms with Crippen LogP contribution in [0.1, 0.15) is 33.6 Å². The molecule has 0 aliphatic carbocycles. The molecule has 0 saturated heterocycles.